The Kier molecular flexibility index (Phi) is 4.81. The van der Waals surface area contributed by atoms with Gasteiger partial charge in [0.25, 0.3) is 5.56 Å². The maximum absolute atomic E-state index is 12.5. The van der Waals surface area contributed by atoms with E-state index in [1.165, 1.54) is 11.3 Å². The number of aryl methyl sites for hydroxylation is 2. The predicted molar refractivity (Wildman–Crippen MR) is 103 cm³/mol. The van der Waals surface area contributed by atoms with Gasteiger partial charge in [-0.15, -0.1) is 21.5 Å². The van der Waals surface area contributed by atoms with Crippen LogP contribution in [-0.4, -0.2) is 44.3 Å². The third-order valence-corrected chi connectivity index (χ3v) is 5.44. The van der Waals surface area contributed by atoms with E-state index in [1.807, 2.05) is 34.9 Å². The highest BCUT2D eigenvalue weighted by molar-refractivity contribution is 7.17. The van der Waals surface area contributed by atoms with Crippen LogP contribution < -0.4 is 5.56 Å². The molecule has 0 unspecified atom stereocenters. The molecule has 0 saturated heterocycles. The van der Waals surface area contributed by atoms with Gasteiger partial charge in [0.2, 0.25) is 5.78 Å². The summed E-state index contributed by atoms with van der Waals surface area (Å²) in [7, 11) is 3.41. The Morgan fingerprint density at radius 1 is 1.26 bits per heavy atom. The van der Waals surface area contributed by atoms with Crippen molar-refractivity contribution in [3.8, 4) is 0 Å². The molecule has 4 heterocycles. The Balaban J connectivity index is 1.72. The zero-order chi connectivity index (χ0) is 19.0. The smallest absolute Gasteiger partial charge is 0.272 e. The second-order valence-corrected chi connectivity index (χ2v) is 7.38. The van der Waals surface area contributed by atoms with Crippen LogP contribution in [0.15, 0.2) is 32.8 Å². The van der Waals surface area contributed by atoms with Crippen LogP contribution in [0.25, 0.3) is 16.0 Å². The molecular weight excluding hydrogens is 366 g/mol. The molecule has 0 aliphatic rings. The summed E-state index contributed by atoms with van der Waals surface area (Å²) in [4.78, 5) is 14.7. The van der Waals surface area contributed by atoms with Crippen molar-refractivity contribution in [2.45, 2.75) is 20.0 Å². The van der Waals surface area contributed by atoms with Gasteiger partial charge in [-0.2, -0.15) is 0 Å². The van der Waals surface area contributed by atoms with Crippen LogP contribution in [-0.2, 0) is 24.9 Å². The first-order chi connectivity index (χ1) is 13.1. The third kappa shape index (κ3) is 3.29. The molecule has 8 nitrogen and oxygen atoms in total. The van der Waals surface area contributed by atoms with Crippen LogP contribution >= 0.6 is 11.3 Å². The van der Waals surface area contributed by atoms with E-state index >= 15 is 0 Å². The van der Waals surface area contributed by atoms with E-state index in [2.05, 4.69) is 15.1 Å². The number of ether oxygens (including phenoxy) is 1. The van der Waals surface area contributed by atoms with Crippen LogP contribution in [0, 0.1) is 6.92 Å². The van der Waals surface area contributed by atoms with Crippen molar-refractivity contribution in [1.29, 1.82) is 0 Å². The van der Waals surface area contributed by atoms with Gasteiger partial charge in [0.15, 0.2) is 5.82 Å². The molecule has 0 amide bonds. The molecular formula is C18H21N5O3S. The number of methoxy groups -OCH3 is 1. The van der Waals surface area contributed by atoms with Crippen molar-refractivity contribution in [2.75, 3.05) is 20.3 Å². The van der Waals surface area contributed by atoms with Gasteiger partial charge in [0.1, 0.15) is 16.2 Å². The monoisotopic (exact) mass is 387 g/mol. The first kappa shape index (κ1) is 17.9. The first-order valence-electron chi connectivity index (χ1n) is 8.65. The average Bonchev–Trinajstić information content (AvgIpc) is 3.37. The second-order valence-electron chi connectivity index (χ2n) is 6.47. The predicted octanol–water partition coefficient (Wildman–Crippen LogP) is 2.19. The van der Waals surface area contributed by atoms with Crippen molar-refractivity contribution in [3.63, 3.8) is 0 Å². The molecule has 0 spiro atoms. The van der Waals surface area contributed by atoms with Crippen molar-refractivity contribution in [1.82, 2.24) is 24.1 Å². The summed E-state index contributed by atoms with van der Waals surface area (Å²) in [6.07, 6.45) is 0. The molecule has 0 aliphatic carbocycles. The van der Waals surface area contributed by atoms with Crippen LogP contribution in [0.3, 0.4) is 0 Å². The topological polar surface area (TPSA) is 77.8 Å². The van der Waals surface area contributed by atoms with E-state index in [0.29, 0.717) is 30.2 Å². The zero-order valence-corrected chi connectivity index (χ0v) is 16.3. The summed E-state index contributed by atoms with van der Waals surface area (Å²) in [5, 5.41) is 10.5. The fraction of sp³-hybridized carbons (Fsp3) is 0.389. The molecule has 4 aromatic rings. The number of thiophene rings is 1. The number of fused-ring (bicyclic) bond motifs is 3. The average molecular weight is 387 g/mol. The molecule has 4 aromatic heterocycles. The lowest BCUT2D eigenvalue weighted by molar-refractivity contribution is 0.133. The van der Waals surface area contributed by atoms with Gasteiger partial charge in [-0.05, 0) is 30.5 Å². The summed E-state index contributed by atoms with van der Waals surface area (Å²) in [6.45, 7) is 4.47. The third-order valence-electron chi connectivity index (χ3n) is 4.55. The highest BCUT2D eigenvalue weighted by Crippen LogP contribution is 2.20. The van der Waals surface area contributed by atoms with Gasteiger partial charge in [-0.3, -0.25) is 18.7 Å². The Hall–Kier alpha value is -2.49. The summed E-state index contributed by atoms with van der Waals surface area (Å²) >= 11 is 1.43. The maximum atomic E-state index is 12.5. The largest absolute Gasteiger partial charge is 0.465 e. The van der Waals surface area contributed by atoms with Crippen molar-refractivity contribution >= 4 is 27.3 Å². The van der Waals surface area contributed by atoms with Crippen LogP contribution in [0.4, 0.5) is 0 Å². The number of rotatable bonds is 7. The molecule has 4 rings (SSSR count). The SMILES string of the molecule is COCCN(Cc1ccc(C)o1)Cc1nnc2n(C)c(=O)c3sccc3n12. The first-order valence-corrected chi connectivity index (χ1v) is 9.53. The minimum Gasteiger partial charge on any atom is -0.465 e. The molecule has 0 atom stereocenters. The van der Waals surface area contributed by atoms with Gasteiger partial charge in [0, 0.05) is 20.7 Å². The molecule has 9 heteroatoms. The van der Waals surface area contributed by atoms with E-state index in [1.54, 1.807) is 18.7 Å². The van der Waals surface area contributed by atoms with E-state index in [-0.39, 0.29) is 5.56 Å². The van der Waals surface area contributed by atoms with Crippen LogP contribution in [0.5, 0.6) is 0 Å². The van der Waals surface area contributed by atoms with E-state index in [9.17, 15) is 4.79 Å². The number of nitrogens with zero attached hydrogens (tertiary/aromatic N) is 5. The molecule has 27 heavy (non-hydrogen) atoms. The fourth-order valence-corrected chi connectivity index (χ4v) is 4.03. The lowest BCUT2D eigenvalue weighted by Gasteiger charge is -2.20. The van der Waals surface area contributed by atoms with Gasteiger partial charge in [0.05, 0.1) is 25.2 Å². The Morgan fingerprint density at radius 2 is 2.11 bits per heavy atom. The molecule has 0 saturated carbocycles. The molecule has 0 bridgehead atoms. The maximum Gasteiger partial charge on any atom is 0.272 e. The standard InChI is InChI=1S/C18H21N5O3S/c1-12-4-5-13(26-12)10-22(7-8-25-3)11-15-19-20-18-21(2)17(24)16-14(23(15)18)6-9-27-16/h4-6,9H,7-8,10-11H2,1-3H3. The quantitative estimate of drug-likeness (QED) is 0.484. The van der Waals surface area contributed by atoms with Crippen LogP contribution in [0.2, 0.25) is 0 Å². The normalized spacial score (nSPS) is 12.0. The Bertz CT molecular complexity index is 1140. The number of furan rings is 1. The molecule has 0 aliphatic heterocycles. The molecule has 0 aromatic carbocycles. The molecule has 0 radical (unpaired) electrons. The van der Waals surface area contributed by atoms with Crippen molar-refractivity contribution in [3.05, 3.63) is 51.3 Å². The van der Waals surface area contributed by atoms with Crippen molar-refractivity contribution < 1.29 is 9.15 Å². The lowest BCUT2D eigenvalue weighted by atomic mass is 10.3. The highest BCUT2D eigenvalue weighted by Gasteiger charge is 2.18. The van der Waals surface area contributed by atoms with Crippen molar-refractivity contribution in [2.24, 2.45) is 7.05 Å². The number of hydrogen-bond donors (Lipinski definition) is 0. The van der Waals surface area contributed by atoms with Gasteiger partial charge < -0.3 is 9.15 Å². The molecule has 0 N–H and O–H groups in total. The summed E-state index contributed by atoms with van der Waals surface area (Å²) < 4.78 is 15.2. The van der Waals surface area contributed by atoms with E-state index in [0.717, 1.165) is 29.4 Å². The molecule has 0 fully saturated rings. The lowest BCUT2D eigenvalue weighted by Crippen LogP contribution is -2.28. The summed E-state index contributed by atoms with van der Waals surface area (Å²) in [5.41, 5.74) is 0.799. The minimum atomic E-state index is -0.0475. The summed E-state index contributed by atoms with van der Waals surface area (Å²) in [5.74, 6) is 3.11. The second kappa shape index (κ2) is 7.26. The fourth-order valence-electron chi connectivity index (χ4n) is 3.18. The summed E-state index contributed by atoms with van der Waals surface area (Å²) in [6, 6.07) is 5.88. The zero-order valence-electron chi connectivity index (χ0n) is 15.5. The minimum absolute atomic E-state index is 0.0475. The van der Waals surface area contributed by atoms with Gasteiger partial charge >= 0.3 is 0 Å². The Morgan fingerprint density at radius 3 is 2.85 bits per heavy atom. The Labute approximate surface area is 159 Å². The van der Waals surface area contributed by atoms with Crippen LogP contribution in [0.1, 0.15) is 17.3 Å². The number of hydrogen-bond acceptors (Lipinski definition) is 7. The highest BCUT2D eigenvalue weighted by atomic mass is 32.1. The molecule has 142 valence electrons. The van der Waals surface area contributed by atoms with Gasteiger partial charge in [-0.1, -0.05) is 0 Å². The van der Waals surface area contributed by atoms with Gasteiger partial charge in [-0.25, -0.2) is 0 Å². The number of aromatic nitrogens is 4. The van der Waals surface area contributed by atoms with E-state index in [4.69, 9.17) is 9.15 Å². The van der Waals surface area contributed by atoms with E-state index < -0.39 is 0 Å².